The Morgan fingerprint density at radius 3 is 2.21 bits per heavy atom. The van der Waals surface area contributed by atoms with E-state index in [2.05, 4.69) is 10.3 Å². The molecule has 1 aromatic heterocycles. The predicted molar refractivity (Wildman–Crippen MR) is 105 cm³/mol. The van der Waals surface area contributed by atoms with Gasteiger partial charge in [0.15, 0.2) is 11.5 Å². The summed E-state index contributed by atoms with van der Waals surface area (Å²) in [5.41, 5.74) is 1.89. The zero-order chi connectivity index (χ0) is 21.2. The average Bonchev–Trinajstić information content (AvgIpc) is 3.12. The molecule has 0 aliphatic heterocycles. The molecule has 8 heteroatoms. The van der Waals surface area contributed by atoms with Crippen molar-refractivity contribution < 1.29 is 27.4 Å². The van der Waals surface area contributed by atoms with E-state index < -0.39 is 11.7 Å². The van der Waals surface area contributed by atoms with Gasteiger partial charge in [-0.15, -0.1) is 0 Å². The number of aromatic nitrogens is 1. The quantitative estimate of drug-likeness (QED) is 0.724. The van der Waals surface area contributed by atoms with Crippen LogP contribution in [0.25, 0.3) is 5.57 Å². The first-order valence-corrected chi connectivity index (χ1v) is 9.15. The van der Waals surface area contributed by atoms with Crippen molar-refractivity contribution in [2.45, 2.75) is 25.9 Å². The Kier molecular flexibility index (Phi) is 5.91. The first kappa shape index (κ1) is 20.8. The summed E-state index contributed by atoms with van der Waals surface area (Å²) in [5, 5.41) is 3.05. The summed E-state index contributed by atoms with van der Waals surface area (Å²) in [6.07, 6.45) is -2.65. The fraction of sp³-hybridized carbons (Fsp3) is 0.381. The second kappa shape index (κ2) is 8.23. The van der Waals surface area contributed by atoms with Crippen LogP contribution in [0.5, 0.6) is 17.2 Å². The molecular formula is C21H23F3N2O3. The summed E-state index contributed by atoms with van der Waals surface area (Å²) < 4.78 is 56.2. The third-order valence-electron chi connectivity index (χ3n) is 4.70. The highest BCUT2D eigenvalue weighted by Crippen LogP contribution is 2.43. The number of nitrogens with zero attached hydrogens (tertiary/aromatic N) is 1. The van der Waals surface area contributed by atoms with E-state index in [9.17, 15) is 13.2 Å². The number of allylic oxidation sites excluding steroid dienone is 2. The van der Waals surface area contributed by atoms with Gasteiger partial charge in [-0.25, -0.2) is 0 Å². The van der Waals surface area contributed by atoms with E-state index in [1.807, 2.05) is 19.1 Å². The molecule has 29 heavy (non-hydrogen) atoms. The average molecular weight is 408 g/mol. The molecule has 0 radical (unpaired) electrons. The molecule has 0 bridgehead atoms. The Hall–Kier alpha value is -2.90. The molecule has 3 rings (SSSR count). The van der Waals surface area contributed by atoms with Gasteiger partial charge >= 0.3 is 6.18 Å². The molecular weight excluding hydrogens is 385 g/mol. The highest BCUT2D eigenvalue weighted by Gasteiger charge is 2.39. The molecule has 0 amide bonds. The highest BCUT2D eigenvalue weighted by atomic mass is 19.4. The Morgan fingerprint density at radius 2 is 1.69 bits per heavy atom. The van der Waals surface area contributed by atoms with Gasteiger partial charge in [-0.2, -0.15) is 13.2 Å². The molecule has 0 unspecified atom stereocenters. The molecule has 0 saturated heterocycles. The SMILES string of the molecule is CCNc1cc(Cc2cc(OC)c(OC)c(OC)c2)nc2c1C(C(F)(F)F)=CC2. The molecule has 1 aromatic carbocycles. The van der Waals surface area contributed by atoms with Crippen LogP contribution in [0.3, 0.4) is 0 Å². The van der Waals surface area contributed by atoms with E-state index in [4.69, 9.17) is 14.2 Å². The van der Waals surface area contributed by atoms with Crippen molar-refractivity contribution in [3.05, 3.63) is 46.8 Å². The summed E-state index contributed by atoms with van der Waals surface area (Å²) in [5.74, 6) is 1.50. The number of nitrogens with one attached hydrogen (secondary N) is 1. The van der Waals surface area contributed by atoms with Gasteiger partial charge < -0.3 is 19.5 Å². The van der Waals surface area contributed by atoms with Crippen molar-refractivity contribution in [2.75, 3.05) is 33.2 Å². The largest absolute Gasteiger partial charge is 0.493 e. The third kappa shape index (κ3) is 4.11. The first-order chi connectivity index (χ1) is 13.8. The maximum Gasteiger partial charge on any atom is 0.416 e. The van der Waals surface area contributed by atoms with Crippen molar-refractivity contribution in [2.24, 2.45) is 0 Å². The molecule has 0 atom stereocenters. The smallest absolute Gasteiger partial charge is 0.416 e. The van der Waals surface area contributed by atoms with Crippen LogP contribution in [-0.2, 0) is 12.8 Å². The summed E-state index contributed by atoms with van der Waals surface area (Å²) in [7, 11) is 4.58. The minimum Gasteiger partial charge on any atom is -0.493 e. The Labute approximate surface area is 167 Å². The van der Waals surface area contributed by atoms with Crippen LogP contribution in [0.1, 0.15) is 29.4 Å². The van der Waals surface area contributed by atoms with Crippen molar-refractivity contribution in [3.63, 3.8) is 0 Å². The Balaban J connectivity index is 2.01. The number of anilines is 1. The van der Waals surface area contributed by atoms with Crippen LogP contribution < -0.4 is 19.5 Å². The van der Waals surface area contributed by atoms with Crippen molar-refractivity contribution in [1.82, 2.24) is 4.98 Å². The number of rotatable bonds is 7. The van der Waals surface area contributed by atoms with Gasteiger partial charge in [0, 0.05) is 36.3 Å². The molecule has 1 N–H and O–H groups in total. The highest BCUT2D eigenvalue weighted by molar-refractivity contribution is 5.84. The summed E-state index contributed by atoms with van der Waals surface area (Å²) in [4.78, 5) is 4.50. The molecule has 0 spiro atoms. The molecule has 1 aliphatic rings. The maximum absolute atomic E-state index is 13.4. The molecule has 0 saturated carbocycles. The van der Waals surface area contributed by atoms with Gasteiger partial charge in [0.25, 0.3) is 0 Å². The molecule has 2 aromatic rings. The zero-order valence-electron chi connectivity index (χ0n) is 16.7. The molecule has 1 aliphatic carbocycles. The van der Waals surface area contributed by atoms with Gasteiger partial charge in [0.2, 0.25) is 5.75 Å². The Morgan fingerprint density at radius 1 is 1.03 bits per heavy atom. The number of methoxy groups -OCH3 is 3. The number of hydrogen-bond acceptors (Lipinski definition) is 5. The fourth-order valence-corrected chi connectivity index (χ4v) is 3.53. The van der Waals surface area contributed by atoms with E-state index in [1.54, 1.807) is 6.07 Å². The van der Waals surface area contributed by atoms with E-state index in [-0.39, 0.29) is 12.0 Å². The second-order valence-corrected chi connectivity index (χ2v) is 6.54. The van der Waals surface area contributed by atoms with E-state index in [0.29, 0.717) is 47.3 Å². The summed E-state index contributed by atoms with van der Waals surface area (Å²) in [6, 6.07) is 5.29. The van der Waals surface area contributed by atoms with Crippen molar-refractivity contribution >= 4 is 11.3 Å². The number of hydrogen-bond donors (Lipinski definition) is 1. The summed E-state index contributed by atoms with van der Waals surface area (Å²) in [6.45, 7) is 2.35. The van der Waals surface area contributed by atoms with Crippen LogP contribution in [0, 0.1) is 0 Å². The lowest BCUT2D eigenvalue weighted by molar-refractivity contribution is -0.0687. The lowest BCUT2D eigenvalue weighted by atomic mass is 10.0. The topological polar surface area (TPSA) is 52.6 Å². The van der Waals surface area contributed by atoms with Crippen LogP contribution in [0.4, 0.5) is 18.9 Å². The minimum absolute atomic E-state index is 0.146. The van der Waals surface area contributed by atoms with E-state index in [0.717, 1.165) is 5.56 Å². The second-order valence-electron chi connectivity index (χ2n) is 6.54. The molecule has 5 nitrogen and oxygen atoms in total. The van der Waals surface area contributed by atoms with E-state index in [1.165, 1.54) is 27.4 Å². The number of pyridine rings is 1. The molecule has 156 valence electrons. The monoisotopic (exact) mass is 408 g/mol. The normalized spacial score (nSPS) is 13.0. The van der Waals surface area contributed by atoms with Gasteiger partial charge in [0.1, 0.15) is 0 Å². The third-order valence-corrected chi connectivity index (χ3v) is 4.70. The maximum atomic E-state index is 13.4. The van der Waals surface area contributed by atoms with E-state index >= 15 is 0 Å². The van der Waals surface area contributed by atoms with Crippen molar-refractivity contribution in [3.8, 4) is 17.2 Å². The first-order valence-electron chi connectivity index (χ1n) is 9.15. The van der Waals surface area contributed by atoms with Gasteiger partial charge in [-0.3, -0.25) is 4.98 Å². The van der Waals surface area contributed by atoms with Crippen LogP contribution in [-0.4, -0.2) is 39.0 Å². The van der Waals surface area contributed by atoms with Gasteiger partial charge in [0.05, 0.1) is 32.6 Å². The number of alkyl halides is 3. The lowest BCUT2D eigenvalue weighted by Gasteiger charge is -2.17. The number of ether oxygens (including phenoxy) is 3. The fourth-order valence-electron chi connectivity index (χ4n) is 3.53. The predicted octanol–water partition coefficient (Wildman–Crippen LogP) is 4.63. The van der Waals surface area contributed by atoms with Crippen LogP contribution in [0.2, 0.25) is 0 Å². The molecule has 1 heterocycles. The van der Waals surface area contributed by atoms with Gasteiger partial charge in [-0.1, -0.05) is 6.08 Å². The minimum atomic E-state index is -4.41. The summed E-state index contributed by atoms with van der Waals surface area (Å²) >= 11 is 0. The number of fused-ring (bicyclic) bond motifs is 1. The number of halogens is 3. The van der Waals surface area contributed by atoms with Crippen molar-refractivity contribution in [1.29, 1.82) is 0 Å². The van der Waals surface area contributed by atoms with Crippen LogP contribution >= 0.6 is 0 Å². The lowest BCUT2D eigenvalue weighted by Crippen LogP contribution is -2.13. The Bertz CT molecular complexity index is 914. The van der Waals surface area contributed by atoms with Gasteiger partial charge in [-0.05, 0) is 30.7 Å². The molecule has 0 fully saturated rings. The standard InChI is InChI=1S/C21H23F3N2O3/c1-5-25-16-11-13(26-15-7-6-14(19(15)16)21(22,23)24)8-12-9-17(27-2)20(29-4)18(10-12)28-3/h6,9-11H,5,7-8H2,1-4H3,(H,25,26). The zero-order valence-corrected chi connectivity index (χ0v) is 16.7. The van der Waals surface area contributed by atoms with Crippen LogP contribution in [0.15, 0.2) is 24.3 Å². The number of benzene rings is 1.